The molecule has 0 radical (unpaired) electrons. The van der Waals surface area contributed by atoms with Gasteiger partial charge in [-0.3, -0.25) is 4.79 Å². The van der Waals surface area contributed by atoms with Crippen molar-refractivity contribution in [2.75, 3.05) is 25.2 Å². The quantitative estimate of drug-likeness (QED) is 0.728. The highest BCUT2D eigenvalue weighted by molar-refractivity contribution is 5.99. The summed E-state index contributed by atoms with van der Waals surface area (Å²) in [5.74, 6) is 1.65. The van der Waals surface area contributed by atoms with Crippen LogP contribution in [0.2, 0.25) is 0 Å². The number of aliphatic hydroxyl groups is 1. The second-order valence-corrected chi connectivity index (χ2v) is 7.63. The molecule has 1 unspecified atom stereocenters. The molecule has 0 aliphatic carbocycles. The van der Waals surface area contributed by atoms with E-state index in [0.717, 1.165) is 11.3 Å². The number of hydrogen-bond donors (Lipinski definition) is 1. The molecular formula is C24H33NO5. The fraction of sp³-hybridized carbons (Fsp3) is 0.458. The van der Waals surface area contributed by atoms with E-state index in [2.05, 4.69) is 0 Å². The van der Waals surface area contributed by atoms with Crippen molar-refractivity contribution in [3.8, 4) is 17.2 Å². The van der Waals surface area contributed by atoms with E-state index in [1.807, 2.05) is 51.1 Å². The Labute approximate surface area is 179 Å². The van der Waals surface area contributed by atoms with Crippen molar-refractivity contribution in [2.24, 2.45) is 0 Å². The predicted octanol–water partition coefficient (Wildman–Crippen LogP) is 4.36. The summed E-state index contributed by atoms with van der Waals surface area (Å²) >= 11 is 0. The largest absolute Gasteiger partial charge is 0.493 e. The minimum absolute atomic E-state index is 0.0761. The molecule has 6 nitrogen and oxygen atoms in total. The highest BCUT2D eigenvalue weighted by Crippen LogP contribution is 2.34. The van der Waals surface area contributed by atoms with Crippen LogP contribution in [0, 0.1) is 6.92 Å². The number of carbonyl (C=O) groups is 1. The number of aryl methyl sites for hydroxylation is 1. The monoisotopic (exact) mass is 415 g/mol. The second-order valence-electron chi connectivity index (χ2n) is 7.63. The van der Waals surface area contributed by atoms with Gasteiger partial charge in [0.15, 0.2) is 17.6 Å². The minimum atomic E-state index is -0.949. The van der Waals surface area contributed by atoms with Crippen molar-refractivity contribution in [3.05, 3.63) is 48.0 Å². The number of benzene rings is 2. The van der Waals surface area contributed by atoms with E-state index >= 15 is 0 Å². The lowest BCUT2D eigenvalue weighted by Gasteiger charge is -2.21. The van der Waals surface area contributed by atoms with Gasteiger partial charge >= 0.3 is 0 Å². The maximum Gasteiger partial charge on any atom is 0.268 e. The number of rotatable bonds is 7. The Morgan fingerprint density at radius 2 is 1.77 bits per heavy atom. The van der Waals surface area contributed by atoms with Gasteiger partial charge in [-0.25, -0.2) is 0 Å². The van der Waals surface area contributed by atoms with Crippen molar-refractivity contribution in [1.82, 2.24) is 0 Å². The topological polar surface area (TPSA) is 68.2 Å². The van der Waals surface area contributed by atoms with Crippen molar-refractivity contribution >= 4 is 11.6 Å². The Morgan fingerprint density at radius 3 is 2.37 bits per heavy atom. The Hall–Kier alpha value is -2.73. The first-order valence-corrected chi connectivity index (χ1v) is 10.3. The van der Waals surface area contributed by atoms with Crippen LogP contribution in [0.3, 0.4) is 0 Å². The Kier molecular flexibility index (Phi) is 8.12. The van der Waals surface area contributed by atoms with Crippen molar-refractivity contribution in [1.29, 1.82) is 0 Å². The van der Waals surface area contributed by atoms with Crippen molar-refractivity contribution < 1.29 is 24.1 Å². The molecule has 6 heteroatoms. The van der Waals surface area contributed by atoms with Gasteiger partial charge in [-0.2, -0.15) is 0 Å². The van der Waals surface area contributed by atoms with Crippen LogP contribution >= 0.6 is 0 Å². The van der Waals surface area contributed by atoms with Gasteiger partial charge in [0.25, 0.3) is 5.91 Å². The molecule has 1 atom stereocenters. The van der Waals surface area contributed by atoms with E-state index in [1.54, 1.807) is 38.0 Å². The highest BCUT2D eigenvalue weighted by atomic mass is 16.5. The summed E-state index contributed by atoms with van der Waals surface area (Å²) < 4.78 is 16.9. The maximum atomic E-state index is 12.8. The fourth-order valence-electron chi connectivity index (χ4n) is 3.00. The Balaban J connectivity index is 0.00000155. The average molecular weight is 416 g/mol. The van der Waals surface area contributed by atoms with Crippen LogP contribution in [-0.4, -0.2) is 43.0 Å². The van der Waals surface area contributed by atoms with E-state index in [1.165, 1.54) is 0 Å². The lowest BCUT2D eigenvalue weighted by atomic mass is 10.2. The molecule has 1 N–H and O–H groups in total. The molecule has 1 aliphatic heterocycles. The molecule has 2 aromatic carbocycles. The SMILES string of the molecule is CC.COc1cc(N2CCC(Oc3ccc(C)cc3)C2=O)ccc1OCC(C)(C)O. The molecule has 0 spiro atoms. The number of ether oxygens (including phenoxy) is 3. The molecule has 3 rings (SSSR count). The third kappa shape index (κ3) is 6.13. The number of nitrogens with zero attached hydrogens (tertiary/aromatic N) is 1. The molecule has 2 aromatic rings. The molecule has 0 aromatic heterocycles. The minimum Gasteiger partial charge on any atom is -0.493 e. The van der Waals surface area contributed by atoms with Gasteiger partial charge in [-0.05, 0) is 45.0 Å². The lowest BCUT2D eigenvalue weighted by Crippen LogP contribution is -2.32. The van der Waals surface area contributed by atoms with Crippen LogP contribution < -0.4 is 19.1 Å². The first-order valence-electron chi connectivity index (χ1n) is 10.3. The van der Waals surface area contributed by atoms with Crippen LogP contribution in [0.1, 0.15) is 39.7 Å². The van der Waals surface area contributed by atoms with E-state index in [9.17, 15) is 9.90 Å². The zero-order valence-corrected chi connectivity index (χ0v) is 18.8. The van der Waals surface area contributed by atoms with Crippen LogP contribution in [0.5, 0.6) is 17.2 Å². The van der Waals surface area contributed by atoms with E-state index in [0.29, 0.717) is 30.2 Å². The number of carbonyl (C=O) groups excluding carboxylic acids is 1. The van der Waals surface area contributed by atoms with Crippen LogP contribution in [0.4, 0.5) is 5.69 Å². The predicted molar refractivity (Wildman–Crippen MR) is 119 cm³/mol. The van der Waals surface area contributed by atoms with Crippen molar-refractivity contribution in [2.45, 2.75) is 52.7 Å². The molecule has 0 bridgehead atoms. The summed E-state index contributed by atoms with van der Waals surface area (Å²) in [6, 6.07) is 13.0. The maximum absolute atomic E-state index is 12.8. The lowest BCUT2D eigenvalue weighted by molar-refractivity contribution is -0.122. The van der Waals surface area contributed by atoms with Gasteiger partial charge in [0.1, 0.15) is 12.4 Å². The summed E-state index contributed by atoms with van der Waals surface area (Å²) in [7, 11) is 1.55. The third-order valence-electron chi connectivity index (χ3n) is 4.50. The summed E-state index contributed by atoms with van der Waals surface area (Å²) in [5.41, 5.74) is 0.924. The molecule has 164 valence electrons. The van der Waals surface area contributed by atoms with Crippen LogP contribution in [0.15, 0.2) is 42.5 Å². The highest BCUT2D eigenvalue weighted by Gasteiger charge is 2.34. The van der Waals surface area contributed by atoms with Crippen LogP contribution in [-0.2, 0) is 4.79 Å². The van der Waals surface area contributed by atoms with Crippen molar-refractivity contribution in [3.63, 3.8) is 0 Å². The molecule has 1 fully saturated rings. The van der Waals surface area contributed by atoms with Gasteiger partial charge in [0, 0.05) is 24.7 Å². The Bertz CT molecular complexity index is 826. The molecule has 1 saturated heterocycles. The van der Waals surface area contributed by atoms with E-state index in [-0.39, 0.29) is 12.5 Å². The number of hydrogen-bond acceptors (Lipinski definition) is 5. The molecular weight excluding hydrogens is 382 g/mol. The molecule has 1 amide bonds. The fourth-order valence-corrected chi connectivity index (χ4v) is 3.00. The molecule has 0 saturated carbocycles. The molecule has 30 heavy (non-hydrogen) atoms. The van der Waals surface area contributed by atoms with Crippen LogP contribution in [0.25, 0.3) is 0 Å². The number of anilines is 1. The number of amides is 1. The second kappa shape index (κ2) is 10.3. The average Bonchev–Trinajstić information content (AvgIpc) is 3.09. The first kappa shape index (κ1) is 23.5. The summed E-state index contributed by atoms with van der Waals surface area (Å²) in [4.78, 5) is 14.5. The number of methoxy groups -OCH3 is 1. The molecule has 1 aliphatic rings. The summed E-state index contributed by atoms with van der Waals surface area (Å²) in [6.07, 6.45) is 0.117. The molecule has 1 heterocycles. The zero-order valence-electron chi connectivity index (χ0n) is 18.8. The van der Waals surface area contributed by atoms with Gasteiger partial charge in [-0.1, -0.05) is 31.5 Å². The third-order valence-corrected chi connectivity index (χ3v) is 4.50. The van der Waals surface area contributed by atoms with Gasteiger partial charge in [-0.15, -0.1) is 0 Å². The van der Waals surface area contributed by atoms with Gasteiger partial charge in [0.05, 0.1) is 12.7 Å². The normalized spacial score (nSPS) is 16.0. The first-order chi connectivity index (χ1) is 14.3. The summed E-state index contributed by atoms with van der Waals surface area (Å²) in [6.45, 7) is 10.1. The summed E-state index contributed by atoms with van der Waals surface area (Å²) in [5, 5.41) is 9.84. The zero-order chi connectivity index (χ0) is 22.3. The van der Waals surface area contributed by atoms with Gasteiger partial charge < -0.3 is 24.2 Å². The van der Waals surface area contributed by atoms with E-state index in [4.69, 9.17) is 14.2 Å². The Morgan fingerprint density at radius 1 is 1.10 bits per heavy atom. The smallest absolute Gasteiger partial charge is 0.268 e. The van der Waals surface area contributed by atoms with Gasteiger partial charge in [0.2, 0.25) is 0 Å². The standard InChI is InChI=1S/C22H27NO5.C2H6/c1-15-5-8-17(9-6-15)28-19-11-12-23(21(19)24)16-7-10-18(20(13-16)26-4)27-14-22(2,3)25;1-2/h5-10,13,19,25H,11-12,14H2,1-4H3;1-2H3. The van der Waals surface area contributed by atoms with E-state index < -0.39 is 11.7 Å².